The van der Waals surface area contributed by atoms with Crippen LogP contribution < -0.4 is 33.3 Å². The van der Waals surface area contributed by atoms with Gasteiger partial charge in [-0.1, -0.05) is 18.2 Å². The van der Waals surface area contributed by atoms with E-state index in [2.05, 4.69) is 34.6 Å². The molecule has 0 aliphatic carbocycles. The van der Waals surface area contributed by atoms with Crippen LogP contribution in [0, 0.1) is 6.92 Å². The summed E-state index contributed by atoms with van der Waals surface area (Å²) in [6.45, 7) is 7.86. The van der Waals surface area contributed by atoms with Crippen molar-refractivity contribution in [1.82, 2.24) is 4.57 Å². The number of anilines is 1. The van der Waals surface area contributed by atoms with E-state index in [4.69, 9.17) is 0 Å². The van der Waals surface area contributed by atoms with Crippen LogP contribution in [0.25, 0.3) is 11.0 Å². The van der Waals surface area contributed by atoms with Gasteiger partial charge in [0.2, 0.25) is 0 Å². The van der Waals surface area contributed by atoms with Crippen LogP contribution >= 0.6 is 0 Å². The first kappa shape index (κ1) is 19.7. The van der Waals surface area contributed by atoms with Crippen LogP contribution in [0.15, 0.2) is 53.4 Å². The van der Waals surface area contributed by atoms with Crippen LogP contribution in [0.5, 0.6) is 0 Å². The third-order valence-electron chi connectivity index (χ3n) is 4.28. The Hall–Kier alpha value is -1.61. The fourth-order valence-corrected chi connectivity index (χ4v) is 4.21. The zero-order valence-corrected chi connectivity index (χ0v) is 17.5. The molecule has 0 saturated heterocycles. The van der Waals surface area contributed by atoms with Crippen LogP contribution in [0.1, 0.15) is 19.7 Å². The number of aromatic nitrogens is 2. The number of nitrogens with one attached hydrogen (secondary N) is 1. The number of nitrogens with zero attached hydrogens (tertiary/aromatic N) is 2. The summed E-state index contributed by atoms with van der Waals surface area (Å²) < 4.78 is 32.3. The largest absolute Gasteiger partial charge is 1.00 e. The van der Waals surface area contributed by atoms with E-state index in [9.17, 15) is 8.42 Å². The highest BCUT2D eigenvalue weighted by molar-refractivity contribution is 7.92. The number of fused-ring (bicyclic) bond motifs is 1. The average Bonchev–Trinajstić information content (AvgIpc) is 2.85. The highest BCUT2D eigenvalue weighted by Crippen LogP contribution is 2.21. The van der Waals surface area contributed by atoms with Crippen molar-refractivity contribution in [1.29, 1.82) is 0 Å². The summed E-state index contributed by atoms with van der Waals surface area (Å²) in [7, 11) is -3.61. The number of rotatable bonds is 5. The molecule has 3 aromatic rings. The Labute approximate surface area is 165 Å². The molecule has 0 radical (unpaired) electrons. The Balaban J connectivity index is 0.00000225. The maximum Gasteiger partial charge on any atom is 0.262 e. The minimum absolute atomic E-state index is 0. The SMILES string of the molecule is CCn1c(C)[n+](CC)c2ccc(S(=O)(=O)Nc3ccccc3)cc21.[I-]. The molecule has 3 rings (SSSR count). The summed E-state index contributed by atoms with van der Waals surface area (Å²) in [5.74, 6) is 1.13. The van der Waals surface area contributed by atoms with Crippen LogP contribution in [0.3, 0.4) is 0 Å². The summed E-state index contributed by atoms with van der Waals surface area (Å²) >= 11 is 0. The van der Waals surface area contributed by atoms with Crippen molar-refractivity contribution in [2.75, 3.05) is 4.72 Å². The second-order valence-corrected chi connectivity index (χ2v) is 7.34. The molecule has 0 saturated carbocycles. The molecule has 0 amide bonds. The van der Waals surface area contributed by atoms with Gasteiger partial charge in [-0.2, -0.15) is 0 Å². The van der Waals surface area contributed by atoms with E-state index in [0.717, 1.165) is 29.9 Å². The molecule has 134 valence electrons. The van der Waals surface area contributed by atoms with Crippen molar-refractivity contribution in [2.45, 2.75) is 38.8 Å². The Morgan fingerprint density at radius 3 is 2.36 bits per heavy atom. The molecule has 1 heterocycles. The molecule has 0 bridgehead atoms. The fourth-order valence-electron chi connectivity index (χ4n) is 3.13. The zero-order chi connectivity index (χ0) is 17.3. The monoisotopic (exact) mass is 471 g/mol. The summed E-state index contributed by atoms with van der Waals surface area (Å²) in [5, 5.41) is 0. The van der Waals surface area contributed by atoms with E-state index in [0.29, 0.717) is 5.69 Å². The molecular weight excluding hydrogens is 449 g/mol. The fraction of sp³-hybridized carbons (Fsp3) is 0.278. The van der Waals surface area contributed by atoms with E-state index in [-0.39, 0.29) is 28.9 Å². The van der Waals surface area contributed by atoms with Gasteiger partial charge >= 0.3 is 0 Å². The first-order chi connectivity index (χ1) is 11.5. The second-order valence-electron chi connectivity index (χ2n) is 5.66. The maximum absolute atomic E-state index is 12.7. The Kier molecular flexibility index (Phi) is 6.10. The van der Waals surface area contributed by atoms with Gasteiger partial charge in [0.1, 0.15) is 0 Å². The number of halogens is 1. The molecule has 0 aliphatic heterocycles. The number of hydrogen-bond acceptors (Lipinski definition) is 2. The lowest BCUT2D eigenvalue weighted by atomic mass is 10.3. The van der Waals surface area contributed by atoms with Gasteiger partial charge in [0.15, 0.2) is 11.0 Å². The topological polar surface area (TPSA) is 55.0 Å². The molecule has 0 fully saturated rings. The third kappa shape index (κ3) is 3.67. The molecule has 0 atom stereocenters. The molecule has 0 spiro atoms. The van der Waals surface area contributed by atoms with Gasteiger partial charge in [0.25, 0.3) is 15.8 Å². The number of sulfonamides is 1. The number of para-hydroxylation sites is 1. The number of aryl methyl sites for hydroxylation is 2. The predicted molar refractivity (Wildman–Crippen MR) is 95.5 cm³/mol. The van der Waals surface area contributed by atoms with Gasteiger partial charge < -0.3 is 24.0 Å². The Morgan fingerprint density at radius 1 is 1.08 bits per heavy atom. The van der Waals surface area contributed by atoms with Gasteiger partial charge in [0.05, 0.1) is 18.0 Å². The number of benzene rings is 2. The lowest BCUT2D eigenvalue weighted by molar-refractivity contribution is -0.674. The average molecular weight is 471 g/mol. The van der Waals surface area contributed by atoms with Crippen molar-refractivity contribution in [3.05, 3.63) is 54.4 Å². The number of hydrogen-bond donors (Lipinski definition) is 1. The van der Waals surface area contributed by atoms with Crippen molar-refractivity contribution < 1.29 is 37.0 Å². The molecular formula is C18H22IN3O2S. The normalized spacial score (nSPS) is 11.3. The minimum atomic E-state index is -3.61. The van der Waals surface area contributed by atoms with Crippen LogP contribution in [-0.2, 0) is 23.1 Å². The Morgan fingerprint density at radius 2 is 1.76 bits per heavy atom. The van der Waals surface area contributed by atoms with Crippen molar-refractivity contribution in [2.24, 2.45) is 0 Å². The Bertz CT molecular complexity index is 982. The molecule has 1 aromatic heterocycles. The first-order valence-electron chi connectivity index (χ1n) is 8.08. The second kappa shape index (κ2) is 7.74. The zero-order valence-electron chi connectivity index (χ0n) is 14.5. The maximum atomic E-state index is 12.7. The van der Waals surface area contributed by atoms with E-state index in [1.165, 1.54) is 0 Å². The predicted octanol–water partition coefficient (Wildman–Crippen LogP) is 0.0818. The molecule has 2 aromatic carbocycles. The van der Waals surface area contributed by atoms with Gasteiger partial charge in [-0.3, -0.25) is 4.72 Å². The van der Waals surface area contributed by atoms with Gasteiger partial charge in [0, 0.05) is 18.7 Å². The van der Waals surface area contributed by atoms with Crippen LogP contribution in [0.4, 0.5) is 5.69 Å². The van der Waals surface area contributed by atoms with Crippen molar-refractivity contribution in [3.8, 4) is 0 Å². The van der Waals surface area contributed by atoms with E-state index >= 15 is 0 Å². The van der Waals surface area contributed by atoms with Gasteiger partial charge in [-0.05, 0) is 38.1 Å². The van der Waals surface area contributed by atoms with E-state index < -0.39 is 10.0 Å². The molecule has 0 unspecified atom stereocenters. The van der Waals surface area contributed by atoms with E-state index in [1.807, 2.05) is 12.1 Å². The minimum Gasteiger partial charge on any atom is -1.00 e. The summed E-state index contributed by atoms with van der Waals surface area (Å²) in [6, 6.07) is 14.2. The van der Waals surface area contributed by atoms with E-state index in [1.54, 1.807) is 36.4 Å². The molecule has 7 heteroatoms. The van der Waals surface area contributed by atoms with Crippen LogP contribution in [0.2, 0.25) is 0 Å². The molecule has 1 N–H and O–H groups in total. The summed E-state index contributed by atoms with van der Waals surface area (Å²) in [6.07, 6.45) is 0. The quantitative estimate of drug-likeness (QED) is 0.424. The molecule has 0 aliphatic rings. The number of imidazole rings is 1. The molecule has 25 heavy (non-hydrogen) atoms. The molecule has 5 nitrogen and oxygen atoms in total. The highest BCUT2D eigenvalue weighted by Gasteiger charge is 2.23. The standard InChI is InChI=1S/C18H22N3O2S.HI/c1-4-20-14(3)21(5-2)18-13-16(11-12-17(18)20)24(22,23)19-15-9-7-6-8-10-15;/h6-13,19H,4-5H2,1-3H3;1H/q+1;/p-1. The summed E-state index contributed by atoms with van der Waals surface area (Å²) in [5.41, 5.74) is 2.55. The summed E-state index contributed by atoms with van der Waals surface area (Å²) in [4.78, 5) is 0.273. The lowest BCUT2D eigenvalue weighted by Gasteiger charge is -2.07. The third-order valence-corrected chi connectivity index (χ3v) is 5.66. The van der Waals surface area contributed by atoms with Crippen molar-refractivity contribution in [3.63, 3.8) is 0 Å². The van der Waals surface area contributed by atoms with Gasteiger partial charge in [-0.25, -0.2) is 17.6 Å². The highest BCUT2D eigenvalue weighted by atomic mass is 127. The van der Waals surface area contributed by atoms with Gasteiger partial charge in [-0.15, -0.1) is 0 Å². The smallest absolute Gasteiger partial charge is 0.262 e. The van der Waals surface area contributed by atoms with Crippen molar-refractivity contribution >= 4 is 26.7 Å². The lowest BCUT2D eigenvalue weighted by Crippen LogP contribution is -3.00. The van der Waals surface area contributed by atoms with Crippen LogP contribution in [-0.4, -0.2) is 13.0 Å². The first-order valence-corrected chi connectivity index (χ1v) is 9.56.